The van der Waals surface area contributed by atoms with Gasteiger partial charge in [-0.3, -0.25) is 4.79 Å². The van der Waals surface area contributed by atoms with Crippen LogP contribution < -0.4 is 0 Å². The Bertz CT molecular complexity index is 936. The number of rotatable bonds is 5. The summed E-state index contributed by atoms with van der Waals surface area (Å²) in [7, 11) is 0. The molecule has 0 aromatic rings. The predicted octanol–water partition coefficient (Wildman–Crippen LogP) is 7.38. The Morgan fingerprint density at radius 2 is 1.88 bits per heavy atom. The van der Waals surface area contributed by atoms with E-state index in [9.17, 15) is 9.59 Å². The minimum Gasteiger partial charge on any atom is -0.478 e. The molecule has 0 unspecified atom stereocenters. The normalized spacial score (nSPS) is 42.8. The van der Waals surface area contributed by atoms with Crippen LogP contribution in [0, 0.1) is 45.3 Å². The van der Waals surface area contributed by atoms with E-state index in [1.165, 1.54) is 25.7 Å². The van der Waals surface area contributed by atoms with Crippen molar-refractivity contribution >= 4 is 11.8 Å². The maximum absolute atomic E-state index is 12.7. The number of carbonyl (C=O) groups excluding carboxylic acids is 1. The summed E-state index contributed by atoms with van der Waals surface area (Å²) in [6, 6.07) is 0. The van der Waals surface area contributed by atoms with Gasteiger partial charge in [0.25, 0.3) is 0 Å². The van der Waals surface area contributed by atoms with Crippen molar-refractivity contribution in [1.82, 2.24) is 0 Å². The Morgan fingerprint density at radius 3 is 2.55 bits per heavy atom. The first-order valence-corrected chi connectivity index (χ1v) is 13.1. The van der Waals surface area contributed by atoms with Crippen LogP contribution in [0.2, 0.25) is 0 Å². The molecule has 0 saturated heterocycles. The first kappa shape index (κ1) is 24.5. The molecule has 0 aromatic heterocycles. The van der Waals surface area contributed by atoms with Gasteiger partial charge in [0.05, 0.1) is 0 Å². The molecule has 33 heavy (non-hydrogen) atoms. The van der Waals surface area contributed by atoms with Gasteiger partial charge in [-0.25, -0.2) is 4.79 Å². The summed E-state index contributed by atoms with van der Waals surface area (Å²) in [6.45, 7) is 15.9. The zero-order valence-electron chi connectivity index (χ0n) is 21.8. The molecule has 0 aromatic carbocycles. The lowest BCUT2D eigenvalue weighted by molar-refractivity contribution is -0.132. The third-order valence-electron chi connectivity index (χ3n) is 11.3. The van der Waals surface area contributed by atoms with Gasteiger partial charge in [0.1, 0.15) is 0 Å². The maximum atomic E-state index is 12.7. The van der Waals surface area contributed by atoms with Crippen LogP contribution in [0.15, 0.2) is 35.5 Å². The second-order valence-electron chi connectivity index (χ2n) is 13.0. The van der Waals surface area contributed by atoms with Crippen molar-refractivity contribution in [3.05, 3.63) is 35.5 Å². The van der Waals surface area contributed by atoms with Crippen molar-refractivity contribution in [2.24, 2.45) is 45.3 Å². The molecule has 4 rings (SSSR count). The molecule has 0 bridgehead atoms. The molecule has 0 spiro atoms. The topological polar surface area (TPSA) is 54.4 Å². The lowest BCUT2D eigenvalue weighted by atomic mass is 9.42. The highest BCUT2D eigenvalue weighted by Crippen LogP contribution is 2.72. The number of carboxylic acid groups (broad SMARTS) is 1. The average Bonchev–Trinajstić information content (AvgIpc) is 3.02. The zero-order chi connectivity index (χ0) is 24.4. The zero-order valence-corrected chi connectivity index (χ0v) is 21.8. The molecule has 0 amide bonds. The quantitative estimate of drug-likeness (QED) is 0.349. The first-order valence-electron chi connectivity index (χ1n) is 13.1. The van der Waals surface area contributed by atoms with Gasteiger partial charge in [-0.1, -0.05) is 65.3 Å². The van der Waals surface area contributed by atoms with Crippen molar-refractivity contribution in [3.63, 3.8) is 0 Å². The second kappa shape index (κ2) is 7.95. The van der Waals surface area contributed by atoms with Crippen LogP contribution in [0.3, 0.4) is 0 Å². The fourth-order valence-electron chi connectivity index (χ4n) is 8.84. The van der Waals surface area contributed by atoms with E-state index in [0.717, 1.165) is 19.3 Å². The van der Waals surface area contributed by atoms with Gasteiger partial charge in [0.15, 0.2) is 5.78 Å². The van der Waals surface area contributed by atoms with E-state index in [2.05, 4.69) is 53.7 Å². The number of fused-ring (bicyclic) bond motifs is 5. The minimum atomic E-state index is -0.806. The third kappa shape index (κ3) is 3.43. The van der Waals surface area contributed by atoms with Crippen molar-refractivity contribution in [2.75, 3.05) is 0 Å². The molecule has 0 radical (unpaired) electrons. The van der Waals surface area contributed by atoms with E-state index in [-0.39, 0.29) is 27.4 Å². The summed E-state index contributed by atoms with van der Waals surface area (Å²) in [6.07, 6.45) is 16.5. The highest BCUT2D eigenvalue weighted by Gasteiger charge is 2.64. The third-order valence-corrected chi connectivity index (χ3v) is 11.3. The molecule has 1 N–H and O–H groups in total. The highest BCUT2D eigenvalue weighted by molar-refractivity contribution is 5.95. The van der Waals surface area contributed by atoms with Crippen LogP contribution in [0.1, 0.15) is 93.4 Å². The summed E-state index contributed by atoms with van der Waals surface area (Å²) < 4.78 is 0. The number of aliphatic carboxylic acids is 1. The van der Waals surface area contributed by atoms with E-state index in [1.807, 2.05) is 12.2 Å². The van der Waals surface area contributed by atoms with E-state index in [1.54, 1.807) is 12.5 Å². The standard InChI is InChI=1S/C30H44O3/c1-19(9-8-10-20(2)26(32)33)21-13-17-30(7)23-11-12-24-27(3,4)25(31)15-16-28(24,5)22(23)14-18-29(21,30)6/h10-11,15-16,19,21-22,24H,8-9,12-14,17-18H2,1-7H3,(H,32,33)/b20-10+/t19-,21-,22+,24+,28-,29-,30+/m1/s1. The molecule has 2 saturated carbocycles. The second-order valence-corrected chi connectivity index (χ2v) is 13.0. The van der Waals surface area contributed by atoms with Crippen LogP contribution in [0.25, 0.3) is 0 Å². The molecule has 0 aliphatic heterocycles. The largest absolute Gasteiger partial charge is 0.478 e. The lowest BCUT2D eigenvalue weighted by Crippen LogP contribution is -2.55. The first-order chi connectivity index (χ1) is 15.3. The molecule has 7 atom stereocenters. The molecule has 0 heterocycles. The highest BCUT2D eigenvalue weighted by atomic mass is 16.4. The summed E-state index contributed by atoms with van der Waals surface area (Å²) in [5.74, 6) is 1.66. The van der Waals surface area contributed by atoms with E-state index < -0.39 is 5.97 Å². The van der Waals surface area contributed by atoms with E-state index >= 15 is 0 Å². The SMILES string of the molecule is C/C(=C\CC[C@@H](C)[C@H]1CC[C@@]2(C)C3=CC[C@H]4C(C)(C)C(=O)C=C[C@]4(C)[C@H]3CC[C@]12C)C(=O)O. The summed E-state index contributed by atoms with van der Waals surface area (Å²) in [5, 5.41) is 9.15. The average molecular weight is 453 g/mol. The van der Waals surface area contributed by atoms with Crippen LogP contribution in [-0.2, 0) is 9.59 Å². The van der Waals surface area contributed by atoms with Crippen molar-refractivity contribution in [1.29, 1.82) is 0 Å². The Balaban J connectivity index is 1.60. The number of hydrogen-bond donors (Lipinski definition) is 1. The van der Waals surface area contributed by atoms with Gasteiger partial charge < -0.3 is 5.11 Å². The fourth-order valence-corrected chi connectivity index (χ4v) is 8.84. The molecule has 3 heteroatoms. The molecule has 182 valence electrons. The van der Waals surface area contributed by atoms with Gasteiger partial charge >= 0.3 is 5.97 Å². The van der Waals surface area contributed by atoms with Crippen molar-refractivity contribution < 1.29 is 14.7 Å². The summed E-state index contributed by atoms with van der Waals surface area (Å²) >= 11 is 0. The maximum Gasteiger partial charge on any atom is 0.330 e. The molecular formula is C30H44O3. The number of allylic oxidation sites excluding steroid dienone is 5. The lowest BCUT2D eigenvalue weighted by Gasteiger charge is -2.62. The van der Waals surface area contributed by atoms with Gasteiger partial charge in [0.2, 0.25) is 0 Å². The molecule has 4 aliphatic rings. The number of carbonyl (C=O) groups is 2. The fraction of sp³-hybridized carbons (Fsp3) is 0.733. The minimum absolute atomic E-state index is 0.0642. The van der Waals surface area contributed by atoms with Gasteiger partial charge in [-0.05, 0) is 97.9 Å². The van der Waals surface area contributed by atoms with E-state index in [4.69, 9.17) is 5.11 Å². The van der Waals surface area contributed by atoms with Crippen molar-refractivity contribution in [2.45, 2.75) is 93.4 Å². The van der Waals surface area contributed by atoms with Crippen molar-refractivity contribution in [3.8, 4) is 0 Å². The number of hydrogen-bond acceptors (Lipinski definition) is 2. The van der Waals surface area contributed by atoms with E-state index in [0.29, 0.717) is 29.2 Å². The summed E-state index contributed by atoms with van der Waals surface area (Å²) in [5.41, 5.74) is 2.42. The van der Waals surface area contributed by atoms with Crippen LogP contribution in [-0.4, -0.2) is 16.9 Å². The Labute approximate surface area is 200 Å². The van der Waals surface area contributed by atoms with Gasteiger partial charge in [-0.2, -0.15) is 0 Å². The van der Waals surface area contributed by atoms with Gasteiger partial charge in [0, 0.05) is 11.0 Å². The van der Waals surface area contributed by atoms with Crippen LogP contribution in [0.4, 0.5) is 0 Å². The predicted molar refractivity (Wildman–Crippen MR) is 134 cm³/mol. The molecule has 2 fully saturated rings. The van der Waals surface area contributed by atoms with Crippen LogP contribution in [0.5, 0.6) is 0 Å². The van der Waals surface area contributed by atoms with Crippen LogP contribution >= 0.6 is 0 Å². The molecule has 3 nitrogen and oxygen atoms in total. The number of carboxylic acids is 1. The molecule has 4 aliphatic carbocycles. The molecular weight excluding hydrogens is 408 g/mol. The van der Waals surface area contributed by atoms with Gasteiger partial charge in [-0.15, -0.1) is 0 Å². The Morgan fingerprint density at radius 1 is 1.18 bits per heavy atom. The Hall–Kier alpha value is -1.64. The number of ketones is 1. The Kier molecular flexibility index (Phi) is 5.90. The monoisotopic (exact) mass is 452 g/mol. The summed E-state index contributed by atoms with van der Waals surface area (Å²) in [4.78, 5) is 23.8. The smallest absolute Gasteiger partial charge is 0.330 e.